The molecule has 2 aliphatic rings. The zero-order valence-corrected chi connectivity index (χ0v) is 24.2. The summed E-state index contributed by atoms with van der Waals surface area (Å²) in [7, 11) is 0. The van der Waals surface area contributed by atoms with Gasteiger partial charge >= 0.3 is 0 Å². The third-order valence-electron chi connectivity index (χ3n) is 8.80. The summed E-state index contributed by atoms with van der Waals surface area (Å²) >= 11 is 0. The van der Waals surface area contributed by atoms with Crippen molar-refractivity contribution in [1.82, 2.24) is 0 Å². The number of benzene rings is 4. The summed E-state index contributed by atoms with van der Waals surface area (Å²) in [5, 5.41) is 21.7. The molecule has 0 heterocycles. The summed E-state index contributed by atoms with van der Waals surface area (Å²) in [6.07, 6.45) is 9.76. The van der Waals surface area contributed by atoms with Crippen molar-refractivity contribution in [2.45, 2.75) is 75.4 Å². The molecule has 2 N–H and O–H groups in total. The van der Waals surface area contributed by atoms with Crippen molar-refractivity contribution in [2.75, 3.05) is 0 Å². The van der Waals surface area contributed by atoms with Gasteiger partial charge in [0.1, 0.15) is 0 Å². The van der Waals surface area contributed by atoms with E-state index in [2.05, 4.69) is 0 Å². The van der Waals surface area contributed by atoms with E-state index in [-0.39, 0.29) is 11.6 Å². The van der Waals surface area contributed by atoms with E-state index >= 15 is 0 Å². The van der Waals surface area contributed by atoms with Gasteiger partial charge in [-0.3, -0.25) is 9.59 Å². The molecule has 4 aromatic rings. The van der Waals surface area contributed by atoms with E-state index < -0.39 is 11.2 Å². The lowest BCUT2D eigenvalue weighted by Gasteiger charge is -2.32. The van der Waals surface area contributed by atoms with Crippen LogP contribution in [0.4, 0.5) is 0 Å². The maximum atomic E-state index is 12.9. The van der Waals surface area contributed by atoms with E-state index in [1.807, 2.05) is 109 Å². The van der Waals surface area contributed by atoms with Crippen molar-refractivity contribution in [3.05, 3.63) is 143 Å². The summed E-state index contributed by atoms with van der Waals surface area (Å²) in [5.74, 6) is 0.0515. The van der Waals surface area contributed by atoms with Crippen molar-refractivity contribution in [3.8, 4) is 0 Å². The molecular formula is C38H40O4. The fraction of sp³-hybridized carbons (Fsp3) is 0.316. The van der Waals surface area contributed by atoms with Crippen LogP contribution in [-0.4, -0.2) is 21.8 Å². The second kappa shape index (κ2) is 13.4. The van der Waals surface area contributed by atoms with Crippen molar-refractivity contribution in [2.24, 2.45) is 0 Å². The Labute approximate surface area is 249 Å². The van der Waals surface area contributed by atoms with Gasteiger partial charge in [-0.05, 0) is 36.8 Å². The van der Waals surface area contributed by atoms with Crippen LogP contribution in [-0.2, 0) is 11.2 Å². The molecule has 2 aliphatic carbocycles. The van der Waals surface area contributed by atoms with Crippen LogP contribution in [0.15, 0.2) is 109 Å². The molecule has 2 saturated carbocycles. The molecule has 42 heavy (non-hydrogen) atoms. The molecule has 216 valence electrons. The summed E-state index contributed by atoms with van der Waals surface area (Å²) in [6.45, 7) is 0. The van der Waals surface area contributed by atoms with Gasteiger partial charge in [0.15, 0.2) is 11.6 Å². The fourth-order valence-electron chi connectivity index (χ4n) is 6.23. The van der Waals surface area contributed by atoms with Gasteiger partial charge in [-0.2, -0.15) is 0 Å². The van der Waals surface area contributed by atoms with E-state index in [1.165, 1.54) is 12.8 Å². The Hall–Kier alpha value is -3.86. The van der Waals surface area contributed by atoms with Gasteiger partial charge in [-0.1, -0.05) is 148 Å². The van der Waals surface area contributed by atoms with Crippen molar-refractivity contribution < 1.29 is 19.8 Å². The highest BCUT2D eigenvalue weighted by atomic mass is 16.3. The molecule has 0 radical (unpaired) electrons. The number of carbonyl (C=O) groups is 2. The molecule has 4 nitrogen and oxygen atoms in total. The first-order chi connectivity index (χ1) is 20.4. The van der Waals surface area contributed by atoms with E-state index in [1.54, 1.807) is 0 Å². The maximum absolute atomic E-state index is 12.9. The Balaban J connectivity index is 0.000000211. The molecule has 0 aromatic heterocycles. The van der Waals surface area contributed by atoms with Crippen LogP contribution in [0, 0.1) is 0 Å². The summed E-state index contributed by atoms with van der Waals surface area (Å²) in [6, 6.07) is 33.5. The zero-order valence-electron chi connectivity index (χ0n) is 24.2. The quantitative estimate of drug-likeness (QED) is 0.234. The lowest BCUT2D eigenvalue weighted by Crippen LogP contribution is -2.28. The largest absolute Gasteiger partial charge is 0.385 e. The summed E-state index contributed by atoms with van der Waals surface area (Å²) < 4.78 is 0. The highest BCUT2D eigenvalue weighted by Crippen LogP contribution is 2.38. The van der Waals surface area contributed by atoms with Crippen LogP contribution < -0.4 is 0 Å². The van der Waals surface area contributed by atoms with Gasteiger partial charge in [0.2, 0.25) is 0 Å². The van der Waals surface area contributed by atoms with E-state index in [0.29, 0.717) is 11.1 Å². The van der Waals surface area contributed by atoms with Gasteiger partial charge in [-0.15, -0.1) is 0 Å². The highest BCUT2D eigenvalue weighted by molar-refractivity contribution is 6.09. The predicted octanol–water partition coefficient (Wildman–Crippen LogP) is 8.14. The van der Waals surface area contributed by atoms with Gasteiger partial charge in [-0.25, -0.2) is 0 Å². The van der Waals surface area contributed by atoms with E-state index in [9.17, 15) is 19.8 Å². The smallest absolute Gasteiger partial charge is 0.193 e. The minimum atomic E-state index is -0.739. The third kappa shape index (κ3) is 6.95. The molecule has 4 heteroatoms. The van der Waals surface area contributed by atoms with Crippen LogP contribution in [0.3, 0.4) is 0 Å². The van der Waals surface area contributed by atoms with Gasteiger partial charge in [0.05, 0.1) is 11.2 Å². The monoisotopic (exact) mass is 560 g/mol. The van der Waals surface area contributed by atoms with Gasteiger partial charge in [0.25, 0.3) is 0 Å². The average Bonchev–Trinajstić information content (AvgIpc) is 3.06. The normalized spacial score (nSPS) is 17.4. The Morgan fingerprint density at radius 2 is 0.690 bits per heavy atom. The number of ketones is 2. The SMILES string of the molecule is O=C(c1ccc(C2(O)CCCCC2)cc1)c1ccc(C2(O)CCCCC2)cc1.O=C(c1ccccc1)c1ccccc1. The van der Waals surface area contributed by atoms with Crippen molar-refractivity contribution in [1.29, 1.82) is 0 Å². The van der Waals surface area contributed by atoms with Gasteiger partial charge < -0.3 is 10.2 Å². The first-order valence-electron chi connectivity index (χ1n) is 15.2. The Kier molecular flexibility index (Phi) is 9.46. The van der Waals surface area contributed by atoms with Crippen LogP contribution >= 0.6 is 0 Å². The van der Waals surface area contributed by atoms with E-state index in [0.717, 1.165) is 73.6 Å². The van der Waals surface area contributed by atoms with Crippen molar-refractivity contribution in [3.63, 3.8) is 0 Å². The Bertz CT molecular complexity index is 1330. The average molecular weight is 561 g/mol. The molecule has 0 aliphatic heterocycles. The first kappa shape index (κ1) is 29.6. The topological polar surface area (TPSA) is 74.6 Å². The van der Waals surface area contributed by atoms with Crippen LogP contribution in [0.5, 0.6) is 0 Å². The molecule has 0 atom stereocenters. The second-order valence-corrected chi connectivity index (χ2v) is 11.7. The molecule has 6 rings (SSSR count). The minimum absolute atomic E-state index is 0.0237. The Morgan fingerprint density at radius 3 is 1.00 bits per heavy atom. The van der Waals surface area contributed by atoms with Crippen LogP contribution in [0.25, 0.3) is 0 Å². The molecule has 0 unspecified atom stereocenters. The zero-order chi connectivity index (χ0) is 29.4. The first-order valence-corrected chi connectivity index (χ1v) is 15.2. The highest BCUT2D eigenvalue weighted by Gasteiger charge is 2.32. The number of hydrogen-bond donors (Lipinski definition) is 2. The molecule has 0 spiro atoms. The summed E-state index contributed by atoms with van der Waals surface area (Å²) in [5.41, 5.74) is 3.09. The van der Waals surface area contributed by atoms with Crippen LogP contribution in [0.2, 0.25) is 0 Å². The Morgan fingerprint density at radius 1 is 0.405 bits per heavy atom. The number of hydrogen-bond acceptors (Lipinski definition) is 4. The molecule has 4 aromatic carbocycles. The lowest BCUT2D eigenvalue weighted by molar-refractivity contribution is -0.000960. The molecule has 0 bridgehead atoms. The molecule has 0 amide bonds. The molecular weight excluding hydrogens is 520 g/mol. The maximum Gasteiger partial charge on any atom is 0.193 e. The predicted molar refractivity (Wildman–Crippen MR) is 167 cm³/mol. The van der Waals surface area contributed by atoms with Gasteiger partial charge in [0, 0.05) is 22.3 Å². The van der Waals surface area contributed by atoms with E-state index in [4.69, 9.17) is 0 Å². The fourth-order valence-corrected chi connectivity index (χ4v) is 6.23. The standard InChI is InChI=1S/C25H30O3.C13H10O/c26-23(19-7-11-21(12-8-19)24(27)15-3-1-4-16-24)20-9-13-22(14-10-20)25(28)17-5-2-6-18-25;14-13(11-7-3-1-4-8-11)12-9-5-2-6-10-12/h7-14,27-28H,1-6,15-18H2;1-10H. The number of carbonyl (C=O) groups excluding carboxylic acids is 2. The minimum Gasteiger partial charge on any atom is -0.385 e. The third-order valence-corrected chi connectivity index (χ3v) is 8.80. The number of rotatable bonds is 6. The summed E-state index contributed by atoms with van der Waals surface area (Å²) in [4.78, 5) is 24.7. The van der Waals surface area contributed by atoms with Crippen molar-refractivity contribution >= 4 is 11.6 Å². The number of aliphatic hydroxyl groups is 2. The molecule has 2 fully saturated rings. The second-order valence-electron chi connectivity index (χ2n) is 11.7. The van der Waals surface area contributed by atoms with Crippen LogP contribution in [0.1, 0.15) is 107 Å². The lowest BCUT2D eigenvalue weighted by atomic mass is 9.79. The molecule has 0 saturated heterocycles.